The molecule has 0 rings (SSSR count). The molecule has 0 nitrogen and oxygen atoms in total. The molecule has 0 saturated heterocycles. The normalized spacial score (nSPS) is 9.62. The fourth-order valence-corrected chi connectivity index (χ4v) is 1.09. The van der Waals surface area contributed by atoms with E-state index in [9.17, 15) is 0 Å². The lowest BCUT2D eigenvalue weighted by atomic mass is 10.0. The van der Waals surface area contributed by atoms with Crippen LogP contribution in [0.1, 0.15) is 47.0 Å². The van der Waals surface area contributed by atoms with Gasteiger partial charge in [0.2, 0.25) is 0 Å². The molecule has 0 N–H and O–H groups in total. The summed E-state index contributed by atoms with van der Waals surface area (Å²) in [5, 5.41) is 0. The van der Waals surface area contributed by atoms with Gasteiger partial charge in [0.25, 0.3) is 0 Å². The molecular weight excluding hydrogens is 156 g/mol. The van der Waals surface area contributed by atoms with E-state index in [1.807, 2.05) is 0 Å². The van der Waals surface area contributed by atoms with Gasteiger partial charge in [0.15, 0.2) is 0 Å². The van der Waals surface area contributed by atoms with Crippen molar-refractivity contribution in [2.24, 2.45) is 5.92 Å². The van der Waals surface area contributed by atoms with E-state index < -0.39 is 0 Å². The van der Waals surface area contributed by atoms with E-state index in [4.69, 9.17) is 0 Å². The van der Waals surface area contributed by atoms with Crippen LogP contribution >= 0.6 is 0 Å². The van der Waals surface area contributed by atoms with Crippen LogP contribution in [0, 0.1) is 5.92 Å². The molecule has 0 unspecified atom stereocenters. The van der Waals surface area contributed by atoms with Crippen LogP contribution in [0.25, 0.3) is 0 Å². The second-order valence-electron chi connectivity index (χ2n) is 3.77. The standard InChI is InChI=1S/C13H22/c1-6-12(5)13(7-2)10-8-9-11(3)4/h8,11H,5-7,9H2,1-4H3. The summed E-state index contributed by atoms with van der Waals surface area (Å²) in [6.45, 7) is 12.8. The first-order valence-corrected chi connectivity index (χ1v) is 5.23. The van der Waals surface area contributed by atoms with Crippen LogP contribution < -0.4 is 0 Å². The highest BCUT2D eigenvalue weighted by atomic mass is 14.0. The van der Waals surface area contributed by atoms with Gasteiger partial charge in [0, 0.05) is 0 Å². The van der Waals surface area contributed by atoms with E-state index in [0.717, 1.165) is 25.2 Å². The van der Waals surface area contributed by atoms with E-state index in [2.05, 4.69) is 46.1 Å². The van der Waals surface area contributed by atoms with Crippen LogP contribution in [0.5, 0.6) is 0 Å². The van der Waals surface area contributed by atoms with Gasteiger partial charge in [0.05, 0.1) is 0 Å². The highest BCUT2D eigenvalue weighted by Crippen LogP contribution is 2.13. The van der Waals surface area contributed by atoms with E-state index in [0.29, 0.717) is 0 Å². The number of allylic oxidation sites excluding steroid dienone is 2. The molecule has 0 saturated carbocycles. The second-order valence-corrected chi connectivity index (χ2v) is 3.77. The second kappa shape index (κ2) is 6.74. The molecule has 0 aromatic rings. The maximum absolute atomic E-state index is 4.02. The smallest absolute Gasteiger partial charge is 0.00404 e. The summed E-state index contributed by atoms with van der Waals surface area (Å²) >= 11 is 0. The van der Waals surface area contributed by atoms with Crippen LogP contribution in [0.15, 0.2) is 29.5 Å². The minimum atomic E-state index is 0.723. The third-order valence-corrected chi connectivity index (χ3v) is 2.07. The molecule has 0 bridgehead atoms. The summed E-state index contributed by atoms with van der Waals surface area (Å²) in [6.07, 6.45) is 5.33. The fourth-order valence-electron chi connectivity index (χ4n) is 1.09. The molecular formula is C13H22. The Labute approximate surface area is 83.0 Å². The van der Waals surface area contributed by atoms with Gasteiger partial charge in [-0.2, -0.15) is 0 Å². The van der Waals surface area contributed by atoms with Gasteiger partial charge in [-0.15, -0.1) is 5.73 Å². The van der Waals surface area contributed by atoms with Crippen molar-refractivity contribution in [1.82, 2.24) is 0 Å². The molecule has 13 heavy (non-hydrogen) atoms. The molecule has 0 aromatic carbocycles. The quantitative estimate of drug-likeness (QED) is 0.430. The first-order valence-electron chi connectivity index (χ1n) is 5.23. The van der Waals surface area contributed by atoms with Crippen molar-refractivity contribution in [3.8, 4) is 0 Å². The summed E-state index contributed by atoms with van der Waals surface area (Å²) in [7, 11) is 0. The van der Waals surface area contributed by atoms with Gasteiger partial charge in [-0.05, 0) is 42.4 Å². The maximum atomic E-state index is 4.02. The largest absolute Gasteiger partial charge is 0.121 e. The van der Waals surface area contributed by atoms with Gasteiger partial charge in [-0.25, -0.2) is 0 Å². The highest BCUT2D eigenvalue weighted by molar-refractivity contribution is 5.26. The first-order chi connectivity index (χ1) is 6.11. The summed E-state index contributed by atoms with van der Waals surface area (Å²) in [5.41, 5.74) is 5.85. The number of rotatable bonds is 5. The third kappa shape index (κ3) is 5.49. The lowest BCUT2D eigenvalue weighted by Crippen LogP contribution is -1.84. The van der Waals surface area contributed by atoms with Crippen molar-refractivity contribution in [3.05, 3.63) is 29.5 Å². The predicted octanol–water partition coefficient (Wildman–Crippen LogP) is 4.49. The van der Waals surface area contributed by atoms with Crippen LogP contribution in [0.4, 0.5) is 0 Å². The van der Waals surface area contributed by atoms with Crippen molar-refractivity contribution in [2.45, 2.75) is 47.0 Å². The Bertz CT molecular complexity index is 212. The topological polar surface area (TPSA) is 0 Å². The Kier molecular flexibility index (Phi) is 6.36. The van der Waals surface area contributed by atoms with Crippen molar-refractivity contribution in [3.63, 3.8) is 0 Å². The predicted molar refractivity (Wildman–Crippen MR) is 60.8 cm³/mol. The number of hydrogen-bond donors (Lipinski definition) is 0. The first kappa shape index (κ1) is 12.3. The minimum absolute atomic E-state index is 0.723. The Hall–Kier alpha value is -0.740. The molecule has 0 aliphatic rings. The Morgan fingerprint density at radius 3 is 2.31 bits per heavy atom. The zero-order chi connectivity index (χ0) is 10.3. The average molecular weight is 178 g/mol. The summed E-state index contributed by atoms with van der Waals surface area (Å²) in [4.78, 5) is 0. The molecule has 0 amide bonds. The van der Waals surface area contributed by atoms with Gasteiger partial charge < -0.3 is 0 Å². The molecule has 74 valence electrons. The summed E-state index contributed by atoms with van der Waals surface area (Å²) < 4.78 is 0. The Balaban J connectivity index is 4.37. The lowest BCUT2D eigenvalue weighted by Gasteiger charge is -2.02. The molecule has 0 radical (unpaired) electrons. The Morgan fingerprint density at radius 1 is 1.31 bits per heavy atom. The van der Waals surface area contributed by atoms with E-state index in [1.54, 1.807) is 0 Å². The van der Waals surface area contributed by atoms with Crippen LogP contribution in [0.3, 0.4) is 0 Å². The van der Waals surface area contributed by atoms with E-state index in [-0.39, 0.29) is 0 Å². The third-order valence-electron chi connectivity index (χ3n) is 2.07. The van der Waals surface area contributed by atoms with E-state index >= 15 is 0 Å². The minimum Gasteiger partial charge on any atom is -0.121 e. The van der Waals surface area contributed by atoms with E-state index in [1.165, 1.54) is 11.1 Å². The molecule has 0 heteroatoms. The molecule has 0 fully saturated rings. The summed E-state index contributed by atoms with van der Waals surface area (Å²) in [6, 6.07) is 0. The molecule has 0 heterocycles. The highest BCUT2D eigenvalue weighted by Gasteiger charge is 1.95. The maximum Gasteiger partial charge on any atom is -0.00404 e. The van der Waals surface area contributed by atoms with Gasteiger partial charge in [0.1, 0.15) is 0 Å². The zero-order valence-electron chi connectivity index (χ0n) is 9.48. The van der Waals surface area contributed by atoms with Crippen molar-refractivity contribution in [1.29, 1.82) is 0 Å². The molecule has 0 atom stereocenters. The zero-order valence-corrected chi connectivity index (χ0v) is 9.48. The van der Waals surface area contributed by atoms with Crippen molar-refractivity contribution < 1.29 is 0 Å². The van der Waals surface area contributed by atoms with Gasteiger partial charge in [-0.1, -0.05) is 34.3 Å². The average Bonchev–Trinajstić information content (AvgIpc) is 2.11. The molecule has 0 aliphatic carbocycles. The van der Waals surface area contributed by atoms with Crippen molar-refractivity contribution >= 4 is 0 Å². The fraction of sp³-hybridized carbons (Fsp3) is 0.615. The molecule has 0 aromatic heterocycles. The molecule has 0 aliphatic heterocycles. The van der Waals surface area contributed by atoms with Gasteiger partial charge in [-0.3, -0.25) is 0 Å². The summed E-state index contributed by atoms with van der Waals surface area (Å²) in [5.74, 6) is 0.723. The monoisotopic (exact) mass is 178 g/mol. The van der Waals surface area contributed by atoms with Crippen molar-refractivity contribution in [2.75, 3.05) is 0 Å². The van der Waals surface area contributed by atoms with Crippen LogP contribution in [-0.4, -0.2) is 0 Å². The van der Waals surface area contributed by atoms with Gasteiger partial charge >= 0.3 is 0 Å². The number of hydrogen-bond acceptors (Lipinski definition) is 0. The SMILES string of the molecule is C=C(CC)C(=C=CCC(C)C)CC. The molecule has 0 spiro atoms. The Morgan fingerprint density at radius 2 is 1.92 bits per heavy atom. The van der Waals surface area contributed by atoms with Crippen LogP contribution in [-0.2, 0) is 0 Å². The lowest BCUT2D eigenvalue weighted by molar-refractivity contribution is 0.664. The van der Waals surface area contributed by atoms with Crippen LogP contribution in [0.2, 0.25) is 0 Å².